The van der Waals surface area contributed by atoms with Crippen molar-refractivity contribution < 1.29 is 4.79 Å². The van der Waals surface area contributed by atoms with Gasteiger partial charge in [-0.05, 0) is 97.4 Å². The summed E-state index contributed by atoms with van der Waals surface area (Å²) in [6.45, 7) is 10.5. The number of hydrogen-bond donors (Lipinski definition) is 2. The number of carbonyl (C=O) groups is 1. The van der Waals surface area contributed by atoms with Crippen LogP contribution in [0.25, 0.3) is 22.3 Å². The summed E-state index contributed by atoms with van der Waals surface area (Å²) in [6.07, 6.45) is 6.49. The lowest BCUT2D eigenvalue weighted by atomic mass is 9.45. The van der Waals surface area contributed by atoms with Crippen LogP contribution in [0, 0.1) is 23.2 Å². The number of aryl methyl sites for hydroxylation is 1. The fraction of sp³-hybridized carbons (Fsp3) is 0.432. The molecule has 47 heavy (non-hydrogen) atoms. The third-order valence-corrected chi connectivity index (χ3v) is 11.3. The highest BCUT2D eigenvalue weighted by Gasteiger charge is 2.56. The second-order valence-corrected chi connectivity index (χ2v) is 15.1. The number of carbonyl (C=O) groups excluding carboxylic acids is 1. The predicted molar refractivity (Wildman–Crippen MR) is 190 cm³/mol. The van der Waals surface area contributed by atoms with Gasteiger partial charge >= 0.3 is 0 Å². The van der Waals surface area contributed by atoms with Gasteiger partial charge in [-0.1, -0.05) is 48.8 Å². The van der Waals surface area contributed by atoms with E-state index in [1.165, 1.54) is 6.42 Å². The topological polar surface area (TPSA) is 105 Å². The lowest BCUT2D eigenvalue weighted by Gasteiger charge is -2.61. The molecule has 1 saturated heterocycles. The Labute approximate surface area is 284 Å². The van der Waals surface area contributed by atoms with Crippen molar-refractivity contribution in [2.75, 3.05) is 18.4 Å². The molecule has 3 saturated carbocycles. The normalized spacial score (nSPS) is 25.3. The molecule has 8 rings (SSSR count). The smallest absolute Gasteiger partial charge is 0.261 e. The van der Waals surface area contributed by atoms with Gasteiger partial charge in [0.2, 0.25) is 5.91 Å². The number of guanidine groups is 1. The number of piperazine rings is 1. The number of anilines is 1. The van der Waals surface area contributed by atoms with Crippen molar-refractivity contribution in [3.05, 3.63) is 87.4 Å². The van der Waals surface area contributed by atoms with Gasteiger partial charge in [0.25, 0.3) is 5.56 Å². The molecule has 1 amide bonds. The van der Waals surface area contributed by atoms with Gasteiger partial charge in [0.15, 0.2) is 5.96 Å². The maximum absolute atomic E-state index is 14.0. The Hall–Kier alpha value is -4.05. The number of amides is 1. The molecule has 4 aromatic rings. The van der Waals surface area contributed by atoms with Crippen LogP contribution in [-0.2, 0) is 17.8 Å². The molecule has 2 N–H and O–H groups in total. The van der Waals surface area contributed by atoms with E-state index in [0.29, 0.717) is 65.4 Å². The molecule has 0 unspecified atom stereocenters. The molecule has 4 fully saturated rings. The van der Waals surface area contributed by atoms with Crippen molar-refractivity contribution in [1.82, 2.24) is 24.8 Å². The Morgan fingerprint density at radius 2 is 1.91 bits per heavy atom. The van der Waals surface area contributed by atoms with Crippen LogP contribution < -0.4 is 16.2 Å². The zero-order valence-corrected chi connectivity index (χ0v) is 29.0. The Morgan fingerprint density at radius 1 is 1.11 bits per heavy atom. The number of halogens is 1. The predicted octanol–water partition coefficient (Wildman–Crippen LogP) is 6.12. The van der Waals surface area contributed by atoms with Gasteiger partial charge in [-0.15, -0.1) is 0 Å². The Kier molecular flexibility index (Phi) is 8.40. The van der Waals surface area contributed by atoms with Crippen LogP contribution in [0.2, 0.25) is 0 Å². The molecule has 3 heterocycles. The third kappa shape index (κ3) is 6.20. The van der Waals surface area contributed by atoms with E-state index in [0.717, 1.165) is 27.7 Å². The van der Waals surface area contributed by atoms with E-state index in [4.69, 9.17) is 9.98 Å². The molecule has 0 spiro atoms. The number of fused-ring (bicyclic) bond motifs is 3. The molecule has 2 bridgehead atoms. The summed E-state index contributed by atoms with van der Waals surface area (Å²) in [5.41, 5.74) is 3.56. The summed E-state index contributed by atoms with van der Waals surface area (Å²) in [4.78, 5) is 43.4. The molecule has 244 valence electrons. The van der Waals surface area contributed by atoms with Gasteiger partial charge in [-0.25, -0.2) is 9.98 Å². The van der Waals surface area contributed by atoms with Gasteiger partial charge < -0.3 is 15.5 Å². The molecular formula is C37H42BrN7O2. The Balaban J connectivity index is 1.24. The summed E-state index contributed by atoms with van der Waals surface area (Å²) in [6, 6.07) is 17.8. The molecule has 3 aliphatic carbocycles. The van der Waals surface area contributed by atoms with E-state index in [1.807, 2.05) is 49.4 Å². The minimum Gasteiger partial charge on any atom is -0.350 e. The fourth-order valence-corrected chi connectivity index (χ4v) is 8.25. The monoisotopic (exact) mass is 695 g/mol. The highest BCUT2D eigenvalue weighted by molar-refractivity contribution is 9.10. The maximum Gasteiger partial charge on any atom is 0.261 e. The van der Waals surface area contributed by atoms with Crippen molar-refractivity contribution in [2.24, 2.45) is 28.2 Å². The molecule has 5 atom stereocenters. The molecule has 2 aromatic carbocycles. The molecule has 4 aliphatic rings. The lowest BCUT2D eigenvalue weighted by molar-refractivity contribution is -0.124. The van der Waals surface area contributed by atoms with Gasteiger partial charge in [-0.3, -0.25) is 19.1 Å². The van der Waals surface area contributed by atoms with E-state index in [9.17, 15) is 9.59 Å². The second-order valence-electron chi connectivity index (χ2n) is 14.2. The van der Waals surface area contributed by atoms with E-state index in [-0.39, 0.29) is 30.1 Å². The van der Waals surface area contributed by atoms with Crippen molar-refractivity contribution in [3.8, 4) is 11.4 Å². The summed E-state index contributed by atoms with van der Waals surface area (Å²) in [5.74, 6) is 3.06. The van der Waals surface area contributed by atoms with Crippen molar-refractivity contribution in [2.45, 2.75) is 65.6 Å². The maximum atomic E-state index is 14.0. The number of nitrogens with one attached hydrogen (secondary N) is 2. The van der Waals surface area contributed by atoms with Gasteiger partial charge in [0, 0.05) is 47.2 Å². The first kappa shape index (κ1) is 31.5. The quantitative estimate of drug-likeness (QED) is 0.186. The highest BCUT2D eigenvalue weighted by Crippen LogP contribution is 2.61. The minimum atomic E-state index is -0.0919. The van der Waals surface area contributed by atoms with Crippen LogP contribution in [0.1, 0.15) is 46.1 Å². The average Bonchev–Trinajstić information content (AvgIpc) is 3.05. The molecular weight excluding hydrogens is 654 g/mol. The number of pyridine rings is 1. The first-order valence-electron chi connectivity index (χ1n) is 16.7. The van der Waals surface area contributed by atoms with Gasteiger partial charge in [0.1, 0.15) is 5.82 Å². The van der Waals surface area contributed by atoms with Crippen LogP contribution >= 0.6 is 15.9 Å². The van der Waals surface area contributed by atoms with Crippen molar-refractivity contribution in [1.29, 1.82) is 0 Å². The first-order chi connectivity index (χ1) is 22.6. The first-order valence-corrected chi connectivity index (χ1v) is 17.4. The Bertz CT molecular complexity index is 1890. The number of hydrogen-bond acceptors (Lipinski definition) is 5. The zero-order chi connectivity index (χ0) is 32.9. The molecule has 1 aliphatic heterocycles. The SMILES string of the molecule is C[C@H]1[C@@H](N=C(Nc2ccc3c(=O)n(CCc4ccc(Br)cc4)c(-c4cccnc4)nc3c2)N2CC(=O)N[C@@H](C)C2)C[C@@H]2C[C@@H]1C2(C)C. The van der Waals surface area contributed by atoms with Crippen LogP contribution in [0.15, 0.2) is 81.3 Å². The number of benzene rings is 2. The third-order valence-electron chi connectivity index (χ3n) is 10.8. The minimum absolute atomic E-state index is 0.00977. The average molecular weight is 697 g/mol. The Morgan fingerprint density at radius 3 is 2.62 bits per heavy atom. The second kappa shape index (κ2) is 12.5. The molecule has 10 heteroatoms. The standard InChI is InChI=1S/C37H42BrN7O2/c1-22-20-44(21-33(46)40-22)36(43-31-17-26-16-30(23(31)2)37(26,3)4)41-28-11-12-29-32(18-28)42-34(25-6-5-14-39-19-25)45(35(29)47)15-13-24-7-9-27(38)10-8-24/h5-12,14,18-19,22-23,26,30-31H,13,15-17,20-21H2,1-4H3,(H,40,46)(H,41,43)/t22-,23+,26-,30-,31-/m0/s1. The number of rotatable bonds is 6. The molecule has 9 nitrogen and oxygen atoms in total. The highest BCUT2D eigenvalue weighted by atomic mass is 79.9. The molecule has 0 radical (unpaired) electrons. The van der Waals surface area contributed by atoms with E-state index in [1.54, 1.807) is 17.0 Å². The summed E-state index contributed by atoms with van der Waals surface area (Å²) in [5, 5.41) is 7.15. The van der Waals surface area contributed by atoms with E-state index in [2.05, 4.69) is 69.4 Å². The summed E-state index contributed by atoms with van der Waals surface area (Å²) < 4.78 is 2.78. The fourth-order valence-electron chi connectivity index (χ4n) is 7.98. The van der Waals surface area contributed by atoms with Crippen LogP contribution in [0.4, 0.5) is 5.69 Å². The summed E-state index contributed by atoms with van der Waals surface area (Å²) >= 11 is 3.50. The van der Waals surface area contributed by atoms with Crippen LogP contribution in [0.5, 0.6) is 0 Å². The van der Waals surface area contributed by atoms with E-state index < -0.39 is 0 Å². The zero-order valence-electron chi connectivity index (χ0n) is 27.4. The van der Waals surface area contributed by atoms with Crippen LogP contribution in [0.3, 0.4) is 0 Å². The van der Waals surface area contributed by atoms with Gasteiger partial charge in [-0.2, -0.15) is 0 Å². The molecule has 2 aromatic heterocycles. The summed E-state index contributed by atoms with van der Waals surface area (Å²) in [7, 11) is 0. The van der Waals surface area contributed by atoms with Crippen molar-refractivity contribution >= 4 is 44.4 Å². The van der Waals surface area contributed by atoms with Crippen LogP contribution in [-0.4, -0.2) is 56.5 Å². The van der Waals surface area contributed by atoms with E-state index >= 15 is 0 Å². The number of aromatic nitrogens is 3. The lowest BCUT2D eigenvalue weighted by Crippen LogP contribution is -2.58. The number of aliphatic imine (C=N–C) groups is 1. The van der Waals surface area contributed by atoms with Gasteiger partial charge in [0.05, 0.1) is 23.5 Å². The largest absolute Gasteiger partial charge is 0.350 e. The number of nitrogens with zero attached hydrogens (tertiary/aromatic N) is 5. The van der Waals surface area contributed by atoms with Crippen molar-refractivity contribution in [3.63, 3.8) is 0 Å².